The van der Waals surface area contributed by atoms with Gasteiger partial charge in [-0.15, -0.1) is 0 Å². The first-order valence-corrected chi connectivity index (χ1v) is 5.00. The highest BCUT2D eigenvalue weighted by atomic mass is 35.5. The van der Waals surface area contributed by atoms with Crippen LogP contribution >= 0.6 is 23.2 Å². The Morgan fingerprint density at radius 1 is 1.13 bits per heavy atom. The fourth-order valence-electron chi connectivity index (χ4n) is 1.29. The van der Waals surface area contributed by atoms with E-state index in [-0.39, 0.29) is 0 Å². The van der Waals surface area contributed by atoms with Gasteiger partial charge in [-0.1, -0.05) is 29.3 Å². The van der Waals surface area contributed by atoms with E-state index in [2.05, 4.69) is 11.1 Å². The number of benzene rings is 1. The molecule has 0 atom stereocenters. The van der Waals surface area contributed by atoms with E-state index in [9.17, 15) is 0 Å². The van der Waals surface area contributed by atoms with Crippen LogP contribution in [0.2, 0.25) is 10.0 Å². The lowest BCUT2D eigenvalue weighted by Crippen LogP contribution is -1.77. The predicted molar refractivity (Wildman–Crippen MR) is 61.0 cm³/mol. The monoisotopic (exact) mass is 236 g/mol. The third kappa shape index (κ3) is 1.99. The summed E-state index contributed by atoms with van der Waals surface area (Å²) in [4.78, 5) is 3.00. The van der Waals surface area contributed by atoms with E-state index in [1.54, 1.807) is 24.4 Å². The molecule has 1 aromatic carbocycles. The van der Waals surface area contributed by atoms with Gasteiger partial charge in [0.25, 0.3) is 0 Å². The summed E-state index contributed by atoms with van der Waals surface area (Å²) < 4.78 is 0. The van der Waals surface area contributed by atoms with Gasteiger partial charge in [-0.3, -0.25) is 0 Å². The van der Waals surface area contributed by atoms with Gasteiger partial charge in [0, 0.05) is 11.9 Å². The Morgan fingerprint density at radius 3 is 2.53 bits per heavy atom. The Morgan fingerprint density at radius 2 is 1.93 bits per heavy atom. The molecular weight excluding hydrogens is 231 g/mol. The number of aromatic amines is 1. The number of halogens is 2. The smallest absolute Gasteiger partial charge is 0.101 e. The maximum atomic E-state index is 8.68. The van der Waals surface area contributed by atoms with E-state index in [1.807, 2.05) is 6.07 Å². The molecule has 1 aromatic heterocycles. The fourth-order valence-corrected chi connectivity index (χ4v) is 1.59. The van der Waals surface area contributed by atoms with E-state index in [4.69, 9.17) is 28.5 Å². The van der Waals surface area contributed by atoms with Gasteiger partial charge in [-0.05, 0) is 23.8 Å². The summed E-state index contributed by atoms with van der Waals surface area (Å²) in [6, 6.07) is 9.15. The Labute approximate surface area is 97.1 Å². The first-order chi connectivity index (χ1) is 7.20. The molecule has 4 heteroatoms. The van der Waals surface area contributed by atoms with Gasteiger partial charge in [0.2, 0.25) is 0 Å². The number of nitrogens with zero attached hydrogens (tertiary/aromatic N) is 1. The third-order valence-corrected chi connectivity index (χ3v) is 2.78. The van der Waals surface area contributed by atoms with Gasteiger partial charge < -0.3 is 4.98 Å². The second-order valence-corrected chi connectivity index (χ2v) is 3.86. The fraction of sp³-hybridized carbons (Fsp3) is 0. The van der Waals surface area contributed by atoms with Crippen molar-refractivity contribution in [2.45, 2.75) is 0 Å². The quantitative estimate of drug-likeness (QED) is 0.803. The SMILES string of the molecule is N#Cc1c[nH]c(-c2ccc(Cl)c(Cl)c2)c1. The van der Waals surface area contributed by atoms with E-state index in [0.717, 1.165) is 11.3 Å². The Bertz CT molecular complexity index is 538. The van der Waals surface area contributed by atoms with Gasteiger partial charge >= 0.3 is 0 Å². The van der Waals surface area contributed by atoms with Crippen LogP contribution in [0.1, 0.15) is 5.56 Å². The first kappa shape index (κ1) is 10.1. The molecule has 0 aliphatic heterocycles. The molecule has 0 fully saturated rings. The number of nitrogens with one attached hydrogen (secondary N) is 1. The van der Waals surface area contributed by atoms with Gasteiger partial charge in [-0.25, -0.2) is 0 Å². The van der Waals surface area contributed by atoms with Crippen LogP contribution in [-0.2, 0) is 0 Å². The van der Waals surface area contributed by atoms with Gasteiger partial charge in [0.1, 0.15) is 6.07 Å². The molecule has 2 nitrogen and oxygen atoms in total. The number of aromatic nitrogens is 1. The number of hydrogen-bond acceptors (Lipinski definition) is 1. The van der Waals surface area contributed by atoms with Crippen molar-refractivity contribution in [2.24, 2.45) is 0 Å². The van der Waals surface area contributed by atoms with Crippen LogP contribution in [-0.4, -0.2) is 4.98 Å². The van der Waals surface area contributed by atoms with Crippen molar-refractivity contribution in [1.82, 2.24) is 4.98 Å². The Hall–Kier alpha value is -1.43. The van der Waals surface area contributed by atoms with E-state index in [0.29, 0.717) is 15.6 Å². The molecule has 0 saturated heterocycles. The summed E-state index contributed by atoms with van der Waals surface area (Å²) in [7, 11) is 0. The lowest BCUT2D eigenvalue weighted by atomic mass is 10.1. The standard InChI is InChI=1S/C11H6Cl2N2/c12-9-2-1-8(4-10(9)13)11-3-7(5-14)6-15-11/h1-4,6,15H. The molecule has 0 spiro atoms. The highest BCUT2D eigenvalue weighted by Gasteiger charge is 2.04. The third-order valence-electron chi connectivity index (χ3n) is 2.04. The van der Waals surface area contributed by atoms with Crippen molar-refractivity contribution in [1.29, 1.82) is 5.26 Å². The van der Waals surface area contributed by atoms with Gasteiger partial charge in [-0.2, -0.15) is 5.26 Å². The highest BCUT2D eigenvalue weighted by Crippen LogP contribution is 2.27. The molecule has 2 rings (SSSR count). The van der Waals surface area contributed by atoms with E-state index in [1.165, 1.54) is 0 Å². The molecule has 0 saturated carbocycles. The summed E-state index contributed by atoms with van der Waals surface area (Å²) in [6.45, 7) is 0. The summed E-state index contributed by atoms with van der Waals surface area (Å²) in [5.41, 5.74) is 2.35. The second kappa shape index (κ2) is 3.98. The van der Waals surface area contributed by atoms with Crippen molar-refractivity contribution >= 4 is 23.2 Å². The molecule has 2 aromatic rings. The molecular formula is C11H6Cl2N2. The zero-order valence-corrected chi connectivity index (χ0v) is 9.10. The zero-order chi connectivity index (χ0) is 10.8. The van der Waals surface area contributed by atoms with Crippen molar-refractivity contribution in [3.8, 4) is 17.3 Å². The maximum Gasteiger partial charge on any atom is 0.101 e. The Balaban J connectivity index is 2.46. The second-order valence-electron chi connectivity index (χ2n) is 3.04. The van der Waals surface area contributed by atoms with Crippen LogP contribution in [0.5, 0.6) is 0 Å². The zero-order valence-electron chi connectivity index (χ0n) is 7.59. The maximum absolute atomic E-state index is 8.68. The minimum Gasteiger partial charge on any atom is -0.360 e. The minimum atomic E-state index is 0.502. The van der Waals surface area contributed by atoms with Crippen molar-refractivity contribution in [3.05, 3.63) is 46.1 Å². The number of H-pyrrole nitrogens is 1. The van der Waals surface area contributed by atoms with Crippen LogP contribution < -0.4 is 0 Å². The van der Waals surface area contributed by atoms with Crippen molar-refractivity contribution < 1.29 is 0 Å². The average molecular weight is 237 g/mol. The average Bonchev–Trinajstić information content (AvgIpc) is 2.70. The van der Waals surface area contributed by atoms with Gasteiger partial charge in [0.15, 0.2) is 0 Å². The summed E-state index contributed by atoms with van der Waals surface area (Å²) in [5.74, 6) is 0. The molecule has 1 N–H and O–H groups in total. The molecule has 74 valence electrons. The van der Waals surface area contributed by atoms with Crippen LogP contribution in [0.3, 0.4) is 0 Å². The lowest BCUT2D eigenvalue weighted by Gasteiger charge is -2.00. The van der Waals surface area contributed by atoms with Crippen molar-refractivity contribution in [2.75, 3.05) is 0 Å². The van der Waals surface area contributed by atoms with Crippen molar-refractivity contribution in [3.63, 3.8) is 0 Å². The molecule has 0 radical (unpaired) electrons. The van der Waals surface area contributed by atoms with E-state index < -0.39 is 0 Å². The number of hydrogen-bond donors (Lipinski definition) is 1. The molecule has 0 unspecified atom stereocenters. The topological polar surface area (TPSA) is 39.6 Å². The molecule has 0 amide bonds. The normalized spacial score (nSPS) is 9.93. The summed E-state index contributed by atoms with van der Waals surface area (Å²) in [5, 5.41) is 9.70. The summed E-state index contributed by atoms with van der Waals surface area (Å²) in [6.07, 6.45) is 1.65. The predicted octanol–water partition coefficient (Wildman–Crippen LogP) is 3.86. The van der Waals surface area contributed by atoms with Crippen LogP contribution in [0, 0.1) is 11.3 Å². The van der Waals surface area contributed by atoms with E-state index >= 15 is 0 Å². The summed E-state index contributed by atoms with van der Waals surface area (Å²) >= 11 is 11.7. The minimum absolute atomic E-state index is 0.502. The molecule has 0 aliphatic carbocycles. The van der Waals surface area contributed by atoms with Gasteiger partial charge in [0.05, 0.1) is 15.6 Å². The number of nitriles is 1. The highest BCUT2D eigenvalue weighted by molar-refractivity contribution is 6.42. The Kier molecular flexibility index (Phi) is 2.68. The lowest BCUT2D eigenvalue weighted by molar-refractivity contribution is 1.39. The molecule has 0 bridgehead atoms. The first-order valence-electron chi connectivity index (χ1n) is 4.24. The molecule has 1 heterocycles. The van der Waals surface area contributed by atoms with Crippen LogP contribution in [0.25, 0.3) is 11.3 Å². The largest absolute Gasteiger partial charge is 0.360 e. The molecule has 0 aliphatic rings. The van der Waals surface area contributed by atoms with Crippen LogP contribution in [0.4, 0.5) is 0 Å². The number of rotatable bonds is 1. The van der Waals surface area contributed by atoms with Crippen LogP contribution in [0.15, 0.2) is 30.5 Å². The molecule has 15 heavy (non-hydrogen) atoms.